The highest BCUT2D eigenvalue weighted by Crippen LogP contribution is 2.35. The Morgan fingerprint density at radius 3 is 2.37 bits per heavy atom. The SMILES string of the molecule is O=C(C[NH+]1CC[NH+](CC(=O)N2CC[C@H]3CCCC[C@@H]3C2)CC1)Nc1ccccc1Cl. The van der Waals surface area contributed by atoms with Crippen molar-refractivity contribution in [1.82, 2.24) is 4.90 Å². The summed E-state index contributed by atoms with van der Waals surface area (Å²) in [6.45, 7) is 6.72. The zero-order valence-electron chi connectivity index (χ0n) is 17.8. The second-order valence-electron chi connectivity index (χ2n) is 9.31. The van der Waals surface area contributed by atoms with E-state index in [9.17, 15) is 9.59 Å². The van der Waals surface area contributed by atoms with Crippen LogP contribution in [0.2, 0.25) is 5.02 Å². The van der Waals surface area contributed by atoms with Gasteiger partial charge in [-0.3, -0.25) is 9.59 Å². The van der Waals surface area contributed by atoms with Gasteiger partial charge in [0, 0.05) is 13.1 Å². The number of hydrogen-bond acceptors (Lipinski definition) is 2. The zero-order valence-corrected chi connectivity index (χ0v) is 18.6. The van der Waals surface area contributed by atoms with Gasteiger partial charge in [-0.15, -0.1) is 0 Å². The molecule has 7 heteroatoms. The van der Waals surface area contributed by atoms with E-state index >= 15 is 0 Å². The van der Waals surface area contributed by atoms with Crippen molar-refractivity contribution < 1.29 is 19.4 Å². The molecular formula is C23H35ClN4O2+2. The molecule has 0 spiro atoms. The number of para-hydroxylation sites is 1. The summed E-state index contributed by atoms with van der Waals surface area (Å²) in [5.41, 5.74) is 0.667. The predicted molar refractivity (Wildman–Crippen MR) is 118 cm³/mol. The Kier molecular flexibility index (Phi) is 7.28. The Morgan fingerprint density at radius 2 is 1.63 bits per heavy atom. The van der Waals surface area contributed by atoms with Crippen molar-refractivity contribution in [2.45, 2.75) is 32.1 Å². The average molecular weight is 435 g/mol. The van der Waals surface area contributed by atoms with E-state index in [0.717, 1.165) is 51.1 Å². The quantitative estimate of drug-likeness (QED) is 0.615. The molecule has 2 aliphatic heterocycles. The molecular weight excluding hydrogens is 400 g/mol. The van der Waals surface area contributed by atoms with Gasteiger partial charge < -0.3 is 20.0 Å². The Morgan fingerprint density at radius 1 is 0.967 bits per heavy atom. The molecule has 0 radical (unpaired) electrons. The van der Waals surface area contributed by atoms with Crippen LogP contribution in [-0.2, 0) is 9.59 Å². The first-order valence-electron chi connectivity index (χ1n) is 11.6. The van der Waals surface area contributed by atoms with E-state index in [4.69, 9.17) is 11.6 Å². The monoisotopic (exact) mass is 434 g/mol. The molecule has 1 aromatic rings. The summed E-state index contributed by atoms with van der Waals surface area (Å²) >= 11 is 6.12. The number of halogens is 1. The summed E-state index contributed by atoms with van der Waals surface area (Å²) in [6.07, 6.45) is 6.59. The number of benzene rings is 1. The minimum Gasteiger partial charge on any atom is -0.338 e. The van der Waals surface area contributed by atoms with E-state index in [0.29, 0.717) is 29.7 Å². The van der Waals surface area contributed by atoms with Crippen molar-refractivity contribution >= 4 is 29.1 Å². The molecule has 3 N–H and O–H groups in total. The molecule has 3 fully saturated rings. The largest absolute Gasteiger partial charge is 0.338 e. The molecule has 0 unspecified atom stereocenters. The fourth-order valence-corrected chi connectivity index (χ4v) is 5.63. The van der Waals surface area contributed by atoms with Crippen LogP contribution in [0.1, 0.15) is 32.1 Å². The molecule has 1 aromatic carbocycles. The highest BCUT2D eigenvalue weighted by molar-refractivity contribution is 6.33. The second-order valence-corrected chi connectivity index (χ2v) is 9.72. The number of fused-ring (bicyclic) bond motifs is 1. The lowest BCUT2D eigenvalue weighted by atomic mass is 9.75. The molecule has 2 atom stereocenters. The number of nitrogens with zero attached hydrogens (tertiary/aromatic N) is 1. The van der Waals surface area contributed by atoms with Crippen LogP contribution in [0.3, 0.4) is 0 Å². The predicted octanol–water partition coefficient (Wildman–Crippen LogP) is 0.101. The maximum absolute atomic E-state index is 12.9. The van der Waals surface area contributed by atoms with Crippen LogP contribution < -0.4 is 15.1 Å². The third-order valence-corrected chi connectivity index (χ3v) is 7.60. The number of quaternary nitrogens is 2. The lowest BCUT2D eigenvalue weighted by Crippen LogP contribution is -3.28. The highest BCUT2D eigenvalue weighted by Gasteiger charge is 2.34. The van der Waals surface area contributed by atoms with Gasteiger partial charge in [0.05, 0.1) is 10.7 Å². The second kappa shape index (κ2) is 10.1. The number of piperidine rings is 1. The Balaban J connectivity index is 1.18. The van der Waals surface area contributed by atoms with Crippen LogP contribution in [-0.4, -0.2) is 69.1 Å². The number of carbonyl (C=O) groups excluding carboxylic acids is 2. The first-order valence-corrected chi connectivity index (χ1v) is 12.0. The summed E-state index contributed by atoms with van der Waals surface area (Å²) in [5, 5.41) is 3.47. The molecule has 1 saturated carbocycles. The minimum atomic E-state index is -0.00650. The number of rotatable bonds is 5. The molecule has 30 heavy (non-hydrogen) atoms. The van der Waals surface area contributed by atoms with Gasteiger partial charge in [-0.1, -0.05) is 43.0 Å². The number of anilines is 1. The topological polar surface area (TPSA) is 58.3 Å². The van der Waals surface area contributed by atoms with Gasteiger partial charge in [0.2, 0.25) is 0 Å². The van der Waals surface area contributed by atoms with E-state index in [1.807, 2.05) is 18.2 Å². The van der Waals surface area contributed by atoms with Gasteiger partial charge in [-0.2, -0.15) is 0 Å². The third kappa shape index (κ3) is 5.54. The Labute approximate surface area is 184 Å². The summed E-state index contributed by atoms with van der Waals surface area (Å²) in [5.74, 6) is 1.92. The third-order valence-electron chi connectivity index (χ3n) is 7.27. The van der Waals surface area contributed by atoms with Crippen LogP contribution >= 0.6 is 11.6 Å². The van der Waals surface area contributed by atoms with Gasteiger partial charge >= 0.3 is 0 Å². The lowest BCUT2D eigenvalue weighted by molar-refractivity contribution is -1.00. The molecule has 2 heterocycles. The minimum absolute atomic E-state index is 0.00650. The summed E-state index contributed by atoms with van der Waals surface area (Å²) in [7, 11) is 0. The van der Waals surface area contributed by atoms with Gasteiger partial charge in [0.15, 0.2) is 13.1 Å². The smallest absolute Gasteiger partial charge is 0.279 e. The number of carbonyl (C=O) groups is 2. The van der Waals surface area contributed by atoms with Crippen LogP contribution in [0, 0.1) is 11.8 Å². The highest BCUT2D eigenvalue weighted by atomic mass is 35.5. The van der Waals surface area contributed by atoms with Gasteiger partial charge in [0.25, 0.3) is 11.8 Å². The van der Waals surface area contributed by atoms with Crippen molar-refractivity contribution in [3.63, 3.8) is 0 Å². The Bertz CT molecular complexity index is 750. The molecule has 0 bridgehead atoms. The van der Waals surface area contributed by atoms with Crippen molar-refractivity contribution in [3.8, 4) is 0 Å². The molecule has 4 rings (SSSR count). The first kappa shape index (κ1) is 21.6. The Hall–Kier alpha value is -1.63. The number of amides is 2. The van der Waals surface area contributed by atoms with Crippen LogP contribution in [0.5, 0.6) is 0 Å². The zero-order chi connectivity index (χ0) is 20.9. The van der Waals surface area contributed by atoms with Crippen molar-refractivity contribution in [2.24, 2.45) is 11.8 Å². The number of piperazine rings is 1. The lowest BCUT2D eigenvalue weighted by Gasteiger charge is -2.41. The van der Waals surface area contributed by atoms with Crippen LogP contribution in [0.25, 0.3) is 0 Å². The average Bonchev–Trinajstić information content (AvgIpc) is 2.76. The molecule has 2 saturated heterocycles. The number of hydrogen-bond donors (Lipinski definition) is 3. The standard InChI is InChI=1S/C23H33ClN4O2/c24-20-7-3-4-8-21(20)25-22(29)16-26-11-13-27(14-12-26)17-23(30)28-10-9-18-5-1-2-6-19(18)15-28/h3-4,7-8,18-19H,1-2,5-6,9-17H2,(H,25,29)/p+2/t18-,19-/m1/s1. The maximum atomic E-state index is 12.9. The van der Waals surface area contributed by atoms with E-state index in [2.05, 4.69) is 10.2 Å². The van der Waals surface area contributed by atoms with Gasteiger partial charge in [-0.05, 0) is 36.8 Å². The molecule has 164 valence electrons. The van der Waals surface area contributed by atoms with Crippen molar-refractivity contribution in [3.05, 3.63) is 29.3 Å². The van der Waals surface area contributed by atoms with Gasteiger partial charge in [0.1, 0.15) is 26.2 Å². The summed E-state index contributed by atoms with van der Waals surface area (Å²) in [4.78, 5) is 30.0. The van der Waals surface area contributed by atoms with Crippen LogP contribution in [0.4, 0.5) is 5.69 Å². The molecule has 3 aliphatic rings. The molecule has 0 aromatic heterocycles. The first-order chi connectivity index (χ1) is 14.6. The summed E-state index contributed by atoms with van der Waals surface area (Å²) < 4.78 is 0. The van der Waals surface area contributed by atoms with Crippen LogP contribution in [0.15, 0.2) is 24.3 Å². The van der Waals surface area contributed by atoms with Gasteiger partial charge in [-0.25, -0.2) is 0 Å². The van der Waals surface area contributed by atoms with E-state index < -0.39 is 0 Å². The molecule has 6 nitrogen and oxygen atoms in total. The van der Waals surface area contributed by atoms with E-state index in [-0.39, 0.29) is 5.91 Å². The number of nitrogens with one attached hydrogen (secondary N) is 3. The van der Waals surface area contributed by atoms with Crippen molar-refractivity contribution in [1.29, 1.82) is 0 Å². The fourth-order valence-electron chi connectivity index (χ4n) is 5.45. The normalized spacial score (nSPS) is 29.2. The maximum Gasteiger partial charge on any atom is 0.279 e. The molecule has 2 amide bonds. The fraction of sp³-hybridized carbons (Fsp3) is 0.652. The van der Waals surface area contributed by atoms with E-state index in [1.54, 1.807) is 6.07 Å². The molecule has 1 aliphatic carbocycles. The summed E-state index contributed by atoms with van der Waals surface area (Å²) in [6, 6.07) is 7.31. The number of likely N-dealkylation sites (tertiary alicyclic amines) is 1. The van der Waals surface area contributed by atoms with E-state index in [1.165, 1.54) is 41.9 Å². The van der Waals surface area contributed by atoms with Crippen molar-refractivity contribution in [2.75, 3.05) is 57.7 Å².